The Kier molecular flexibility index (Phi) is 3.87. The largest absolute Gasteiger partial charge is 0.368 e. The van der Waals surface area contributed by atoms with Gasteiger partial charge in [0, 0.05) is 18.8 Å². The molecule has 98 valence electrons. The van der Waals surface area contributed by atoms with Crippen LogP contribution in [0.4, 0.5) is 5.69 Å². The molecule has 1 aromatic carbocycles. The van der Waals surface area contributed by atoms with Gasteiger partial charge in [-0.3, -0.25) is 4.79 Å². The minimum atomic E-state index is -0.216. The maximum absolute atomic E-state index is 11.4. The third-order valence-corrected chi connectivity index (χ3v) is 3.53. The van der Waals surface area contributed by atoms with Crippen LogP contribution < -0.4 is 16.0 Å². The molecule has 0 saturated carbocycles. The van der Waals surface area contributed by atoms with Crippen LogP contribution in [0.1, 0.15) is 24.0 Å². The third kappa shape index (κ3) is 2.48. The molecule has 3 N–H and O–H groups in total. The molecule has 1 fully saturated rings. The number of nitrogens with one attached hydrogen (secondary N) is 1. The number of anilines is 1. The van der Waals surface area contributed by atoms with Crippen molar-refractivity contribution < 1.29 is 4.79 Å². The van der Waals surface area contributed by atoms with E-state index in [1.165, 1.54) is 11.1 Å². The number of rotatable bonds is 4. The Labute approximate surface area is 108 Å². The standard InChI is InChI=1S/C14H21N3O/c1-10-8-11(9-16-2)5-6-12(10)17-7-3-4-13(17)14(15)18/h5-6,8,13,16H,3-4,7,9H2,1-2H3,(H2,15,18). The summed E-state index contributed by atoms with van der Waals surface area (Å²) in [4.78, 5) is 13.6. The normalized spacial score (nSPS) is 19.2. The van der Waals surface area contributed by atoms with E-state index >= 15 is 0 Å². The van der Waals surface area contributed by atoms with E-state index in [9.17, 15) is 4.79 Å². The smallest absolute Gasteiger partial charge is 0.240 e. The number of carbonyl (C=O) groups excluding carboxylic acids is 1. The lowest BCUT2D eigenvalue weighted by atomic mass is 10.1. The van der Waals surface area contributed by atoms with E-state index < -0.39 is 0 Å². The van der Waals surface area contributed by atoms with Crippen LogP contribution >= 0.6 is 0 Å². The summed E-state index contributed by atoms with van der Waals surface area (Å²) in [6, 6.07) is 6.24. The van der Waals surface area contributed by atoms with Gasteiger partial charge in [0.1, 0.15) is 6.04 Å². The molecule has 1 aromatic rings. The Morgan fingerprint density at radius 3 is 2.94 bits per heavy atom. The highest BCUT2D eigenvalue weighted by Gasteiger charge is 2.29. The number of primary amides is 1. The van der Waals surface area contributed by atoms with Crippen LogP contribution in [-0.4, -0.2) is 25.5 Å². The highest BCUT2D eigenvalue weighted by molar-refractivity contribution is 5.84. The molecular formula is C14H21N3O. The first-order valence-electron chi connectivity index (χ1n) is 6.43. The second kappa shape index (κ2) is 5.40. The lowest BCUT2D eigenvalue weighted by molar-refractivity contribution is -0.119. The first-order chi connectivity index (χ1) is 8.63. The molecule has 18 heavy (non-hydrogen) atoms. The lowest BCUT2D eigenvalue weighted by Crippen LogP contribution is -2.40. The van der Waals surface area contributed by atoms with E-state index in [0.717, 1.165) is 31.6 Å². The molecule has 1 heterocycles. The summed E-state index contributed by atoms with van der Waals surface area (Å²) in [5.74, 6) is -0.216. The summed E-state index contributed by atoms with van der Waals surface area (Å²) in [5.41, 5.74) is 9.06. The van der Waals surface area contributed by atoms with Gasteiger partial charge >= 0.3 is 0 Å². The van der Waals surface area contributed by atoms with Crippen molar-refractivity contribution in [3.63, 3.8) is 0 Å². The minimum absolute atomic E-state index is 0.140. The van der Waals surface area contributed by atoms with Crippen molar-refractivity contribution >= 4 is 11.6 Å². The number of hydrogen-bond donors (Lipinski definition) is 2. The van der Waals surface area contributed by atoms with Gasteiger partial charge in [-0.2, -0.15) is 0 Å². The predicted molar refractivity (Wildman–Crippen MR) is 73.5 cm³/mol. The summed E-state index contributed by atoms with van der Waals surface area (Å²) in [6.45, 7) is 3.87. The number of nitrogens with zero attached hydrogens (tertiary/aromatic N) is 1. The summed E-state index contributed by atoms with van der Waals surface area (Å²) >= 11 is 0. The number of amides is 1. The van der Waals surface area contributed by atoms with Crippen molar-refractivity contribution in [3.8, 4) is 0 Å². The first kappa shape index (κ1) is 12.9. The molecule has 2 rings (SSSR count). The van der Waals surface area contributed by atoms with Crippen LogP contribution in [-0.2, 0) is 11.3 Å². The maximum Gasteiger partial charge on any atom is 0.240 e. The zero-order valence-electron chi connectivity index (χ0n) is 11.1. The van der Waals surface area contributed by atoms with E-state index in [1.54, 1.807) is 0 Å². The molecule has 1 aliphatic rings. The van der Waals surface area contributed by atoms with Crippen LogP contribution in [0, 0.1) is 6.92 Å². The fourth-order valence-corrected chi connectivity index (χ4v) is 2.70. The van der Waals surface area contributed by atoms with Gasteiger partial charge in [0.2, 0.25) is 5.91 Å². The average Bonchev–Trinajstić information content (AvgIpc) is 2.78. The summed E-state index contributed by atoms with van der Waals surface area (Å²) in [6.07, 6.45) is 1.90. The number of hydrogen-bond acceptors (Lipinski definition) is 3. The zero-order chi connectivity index (χ0) is 13.1. The topological polar surface area (TPSA) is 58.4 Å². The predicted octanol–water partition coefficient (Wildman–Crippen LogP) is 1.17. The Morgan fingerprint density at radius 2 is 2.33 bits per heavy atom. The Hall–Kier alpha value is -1.55. The van der Waals surface area contributed by atoms with E-state index in [-0.39, 0.29) is 11.9 Å². The fourth-order valence-electron chi connectivity index (χ4n) is 2.70. The highest BCUT2D eigenvalue weighted by atomic mass is 16.1. The molecule has 1 aliphatic heterocycles. The molecule has 0 bridgehead atoms. The van der Waals surface area contributed by atoms with Gasteiger partial charge in [-0.05, 0) is 44.0 Å². The van der Waals surface area contributed by atoms with Crippen molar-refractivity contribution in [2.24, 2.45) is 5.73 Å². The maximum atomic E-state index is 11.4. The Bertz CT molecular complexity index is 445. The van der Waals surface area contributed by atoms with Crippen molar-refractivity contribution in [1.82, 2.24) is 5.32 Å². The van der Waals surface area contributed by atoms with E-state index in [2.05, 4.69) is 35.3 Å². The van der Waals surface area contributed by atoms with Gasteiger partial charge in [0.25, 0.3) is 0 Å². The molecular weight excluding hydrogens is 226 g/mol. The number of benzene rings is 1. The fraction of sp³-hybridized carbons (Fsp3) is 0.500. The third-order valence-electron chi connectivity index (χ3n) is 3.53. The van der Waals surface area contributed by atoms with Crippen LogP contribution in [0.3, 0.4) is 0 Å². The number of nitrogens with two attached hydrogens (primary N) is 1. The second-order valence-electron chi connectivity index (χ2n) is 4.90. The average molecular weight is 247 g/mol. The first-order valence-corrected chi connectivity index (χ1v) is 6.43. The summed E-state index contributed by atoms with van der Waals surface area (Å²) in [7, 11) is 1.94. The molecule has 1 unspecified atom stereocenters. The van der Waals surface area contributed by atoms with Crippen molar-refractivity contribution in [1.29, 1.82) is 0 Å². The summed E-state index contributed by atoms with van der Waals surface area (Å²) < 4.78 is 0. The van der Waals surface area contributed by atoms with Crippen molar-refractivity contribution in [3.05, 3.63) is 29.3 Å². The van der Waals surface area contributed by atoms with Crippen LogP contribution in [0.5, 0.6) is 0 Å². The van der Waals surface area contributed by atoms with E-state index in [0.29, 0.717) is 0 Å². The van der Waals surface area contributed by atoms with Crippen LogP contribution in [0.25, 0.3) is 0 Å². The molecule has 0 aromatic heterocycles. The second-order valence-corrected chi connectivity index (χ2v) is 4.90. The molecule has 0 radical (unpaired) electrons. The molecule has 1 atom stereocenters. The minimum Gasteiger partial charge on any atom is -0.368 e. The van der Waals surface area contributed by atoms with E-state index in [4.69, 9.17) is 5.73 Å². The van der Waals surface area contributed by atoms with Gasteiger partial charge in [0.15, 0.2) is 0 Å². The SMILES string of the molecule is CNCc1ccc(N2CCCC2C(N)=O)c(C)c1. The van der Waals surface area contributed by atoms with Gasteiger partial charge in [0.05, 0.1) is 0 Å². The molecule has 4 nitrogen and oxygen atoms in total. The van der Waals surface area contributed by atoms with Gasteiger partial charge in [-0.1, -0.05) is 12.1 Å². The highest BCUT2D eigenvalue weighted by Crippen LogP contribution is 2.28. The molecule has 0 aliphatic carbocycles. The monoisotopic (exact) mass is 247 g/mol. The summed E-state index contributed by atoms with van der Waals surface area (Å²) in [5, 5.41) is 3.14. The van der Waals surface area contributed by atoms with Crippen molar-refractivity contribution in [2.75, 3.05) is 18.5 Å². The number of carbonyl (C=O) groups is 1. The quantitative estimate of drug-likeness (QED) is 0.839. The molecule has 4 heteroatoms. The van der Waals surface area contributed by atoms with Crippen molar-refractivity contribution in [2.45, 2.75) is 32.4 Å². The lowest BCUT2D eigenvalue weighted by Gasteiger charge is -2.26. The Balaban J connectivity index is 2.25. The van der Waals surface area contributed by atoms with Crippen LogP contribution in [0.2, 0.25) is 0 Å². The van der Waals surface area contributed by atoms with Gasteiger partial charge in [-0.25, -0.2) is 0 Å². The Morgan fingerprint density at radius 1 is 1.56 bits per heavy atom. The zero-order valence-corrected chi connectivity index (χ0v) is 11.1. The van der Waals surface area contributed by atoms with Gasteiger partial charge < -0.3 is 16.0 Å². The van der Waals surface area contributed by atoms with E-state index in [1.807, 2.05) is 7.05 Å². The molecule has 1 amide bonds. The van der Waals surface area contributed by atoms with Gasteiger partial charge in [-0.15, -0.1) is 0 Å². The number of aryl methyl sites for hydroxylation is 1. The molecule has 1 saturated heterocycles. The molecule has 0 spiro atoms. The van der Waals surface area contributed by atoms with Crippen LogP contribution in [0.15, 0.2) is 18.2 Å².